The second-order valence-electron chi connectivity index (χ2n) is 7.09. The molecule has 1 heteroatoms. The van der Waals surface area contributed by atoms with Gasteiger partial charge in [0.2, 0.25) is 0 Å². The molecule has 0 atom stereocenters. The lowest BCUT2D eigenvalue weighted by molar-refractivity contribution is -0.0298. The number of aliphatic hydroxyl groups is 1. The molecule has 0 radical (unpaired) electrons. The summed E-state index contributed by atoms with van der Waals surface area (Å²) in [6.07, 6.45) is 5.10. The van der Waals surface area contributed by atoms with Crippen LogP contribution in [0.5, 0.6) is 0 Å². The van der Waals surface area contributed by atoms with Crippen LogP contribution in [0.4, 0.5) is 0 Å². The van der Waals surface area contributed by atoms with Crippen molar-refractivity contribution in [2.24, 2.45) is 16.2 Å². The molecule has 1 aliphatic carbocycles. The van der Waals surface area contributed by atoms with Gasteiger partial charge in [0.15, 0.2) is 0 Å². The third-order valence-corrected chi connectivity index (χ3v) is 4.09. The van der Waals surface area contributed by atoms with Crippen molar-refractivity contribution in [3.05, 3.63) is 23.5 Å². The molecule has 1 rings (SSSR count). The lowest BCUT2D eigenvalue weighted by Crippen LogP contribution is -2.48. The van der Waals surface area contributed by atoms with Crippen molar-refractivity contribution in [3.63, 3.8) is 0 Å². The molecular weight excluding hydrogens is 196 g/mol. The Hall–Kier alpha value is -0.720. The predicted octanol–water partition coefficient (Wildman–Crippen LogP) is 4.86. The van der Waals surface area contributed by atoms with E-state index in [1.165, 1.54) is 5.57 Å². The topological polar surface area (TPSA) is 20.2 Å². The number of allylic oxidation sites excluding steroid dienone is 4. The van der Waals surface area contributed by atoms with Gasteiger partial charge in [0.25, 0.3) is 0 Å². The summed E-state index contributed by atoms with van der Waals surface area (Å²) in [5.41, 5.74) is 1.09. The van der Waals surface area contributed by atoms with Crippen molar-refractivity contribution in [3.8, 4) is 0 Å². The van der Waals surface area contributed by atoms with Gasteiger partial charge in [-0.05, 0) is 30.3 Å². The molecule has 1 nitrogen and oxygen atoms in total. The first-order valence-electron chi connectivity index (χ1n) is 6.10. The zero-order valence-electron chi connectivity index (χ0n) is 11.8. The summed E-state index contributed by atoms with van der Waals surface area (Å²) in [4.78, 5) is 0. The molecule has 0 saturated carbocycles. The van der Waals surface area contributed by atoms with Crippen LogP contribution >= 0.6 is 0 Å². The van der Waals surface area contributed by atoms with Crippen molar-refractivity contribution in [2.75, 3.05) is 0 Å². The van der Waals surface area contributed by atoms with E-state index in [-0.39, 0.29) is 16.2 Å². The first-order chi connectivity index (χ1) is 7.02. The Labute approximate surface area is 100 Å². The molecule has 0 unspecified atom stereocenters. The maximum absolute atomic E-state index is 10.5. The van der Waals surface area contributed by atoms with E-state index in [0.717, 1.165) is 6.42 Å². The van der Waals surface area contributed by atoms with Crippen molar-refractivity contribution >= 4 is 0 Å². The van der Waals surface area contributed by atoms with Gasteiger partial charge in [-0.15, -0.1) is 0 Å². The summed E-state index contributed by atoms with van der Waals surface area (Å²) in [7, 11) is 0. The lowest BCUT2D eigenvalue weighted by atomic mass is 9.50. The highest BCUT2D eigenvalue weighted by Gasteiger charge is 2.53. The van der Waals surface area contributed by atoms with Gasteiger partial charge in [0, 0.05) is 5.41 Å². The molecule has 0 aliphatic heterocycles. The minimum atomic E-state index is -0.167. The van der Waals surface area contributed by atoms with E-state index in [2.05, 4.69) is 47.6 Å². The number of rotatable bonds is 0. The third kappa shape index (κ3) is 1.81. The smallest absolute Gasteiger partial charge is 0.1000 e. The van der Waals surface area contributed by atoms with Gasteiger partial charge in [-0.2, -0.15) is 0 Å². The summed E-state index contributed by atoms with van der Waals surface area (Å²) in [5.74, 6) is 0.549. The zero-order valence-corrected chi connectivity index (χ0v) is 11.8. The van der Waals surface area contributed by atoms with Gasteiger partial charge < -0.3 is 5.11 Å². The summed E-state index contributed by atoms with van der Waals surface area (Å²) >= 11 is 0. The van der Waals surface area contributed by atoms with Crippen LogP contribution in [0.25, 0.3) is 0 Å². The molecule has 0 aromatic heterocycles. The van der Waals surface area contributed by atoms with Gasteiger partial charge in [-0.25, -0.2) is 0 Å². The highest BCUT2D eigenvalue weighted by molar-refractivity contribution is 5.32. The molecule has 0 amide bonds. The molecule has 0 fully saturated rings. The standard InChI is InChI=1S/C15H26O/c1-11-8-9-15(12(16)10-11,13(2,3)4)14(5,6)7/h8,10,16H,9H2,1-7H3. The van der Waals surface area contributed by atoms with Gasteiger partial charge >= 0.3 is 0 Å². The summed E-state index contributed by atoms with van der Waals surface area (Å²) in [5, 5.41) is 10.5. The molecule has 0 spiro atoms. The SMILES string of the molecule is CC1=CCC(C(C)(C)C)(C(C)(C)C)C(O)=C1. The van der Waals surface area contributed by atoms with Crippen LogP contribution < -0.4 is 0 Å². The highest BCUT2D eigenvalue weighted by atomic mass is 16.3. The van der Waals surface area contributed by atoms with Crippen LogP contribution in [0.1, 0.15) is 54.9 Å². The molecule has 0 bridgehead atoms. The fourth-order valence-electron chi connectivity index (χ4n) is 3.32. The molecule has 16 heavy (non-hydrogen) atoms. The Bertz CT molecular complexity index is 317. The Morgan fingerprint density at radius 2 is 1.50 bits per heavy atom. The van der Waals surface area contributed by atoms with Crippen LogP contribution in [0, 0.1) is 16.2 Å². The van der Waals surface area contributed by atoms with Crippen LogP contribution in [0.15, 0.2) is 23.5 Å². The Morgan fingerprint density at radius 1 is 1.06 bits per heavy atom. The summed E-state index contributed by atoms with van der Waals surface area (Å²) < 4.78 is 0. The fourth-order valence-corrected chi connectivity index (χ4v) is 3.32. The maximum atomic E-state index is 10.5. The largest absolute Gasteiger partial charge is 0.512 e. The molecular formula is C15H26O. The van der Waals surface area contributed by atoms with Crippen LogP contribution in [-0.2, 0) is 0 Å². The molecule has 1 N–H and O–H groups in total. The van der Waals surface area contributed by atoms with E-state index in [0.29, 0.717) is 5.76 Å². The van der Waals surface area contributed by atoms with Crippen molar-refractivity contribution in [1.82, 2.24) is 0 Å². The number of hydrogen-bond donors (Lipinski definition) is 1. The van der Waals surface area contributed by atoms with Crippen LogP contribution in [-0.4, -0.2) is 5.11 Å². The average Bonchev–Trinajstić information content (AvgIpc) is 1.98. The van der Waals surface area contributed by atoms with Gasteiger partial charge in [0.1, 0.15) is 0 Å². The number of hydrogen-bond acceptors (Lipinski definition) is 1. The monoisotopic (exact) mass is 222 g/mol. The summed E-state index contributed by atoms with van der Waals surface area (Å²) in [6.45, 7) is 15.4. The molecule has 0 aromatic rings. The van der Waals surface area contributed by atoms with Gasteiger partial charge in [-0.1, -0.05) is 53.2 Å². The molecule has 0 saturated heterocycles. The molecule has 92 valence electrons. The van der Waals surface area contributed by atoms with E-state index in [1.807, 2.05) is 13.0 Å². The molecule has 0 heterocycles. The van der Waals surface area contributed by atoms with Gasteiger partial charge in [-0.3, -0.25) is 0 Å². The summed E-state index contributed by atoms with van der Waals surface area (Å²) in [6, 6.07) is 0. The second kappa shape index (κ2) is 3.65. The minimum Gasteiger partial charge on any atom is -0.512 e. The van der Waals surface area contributed by atoms with E-state index < -0.39 is 0 Å². The first-order valence-corrected chi connectivity index (χ1v) is 6.10. The zero-order chi connectivity index (χ0) is 12.8. The van der Waals surface area contributed by atoms with Crippen molar-refractivity contribution in [2.45, 2.75) is 54.9 Å². The maximum Gasteiger partial charge on any atom is 0.1000 e. The number of aliphatic hydroxyl groups excluding tert-OH is 1. The van der Waals surface area contributed by atoms with E-state index in [1.54, 1.807) is 0 Å². The highest BCUT2D eigenvalue weighted by Crippen LogP contribution is 2.59. The third-order valence-electron chi connectivity index (χ3n) is 4.09. The average molecular weight is 222 g/mol. The van der Waals surface area contributed by atoms with Crippen LogP contribution in [0.2, 0.25) is 0 Å². The Kier molecular flexibility index (Phi) is 3.04. The van der Waals surface area contributed by atoms with E-state index >= 15 is 0 Å². The quantitative estimate of drug-likeness (QED) is 0.620. The van der Waals surface area contributed by atoms with Crippen molar-refractivity contribution < 1.29 is 5.11 Å². The van der Waals surface area contributed by atoms with E-state index in [4.69, 9.17) is 0 Å². The van der Waals surface area contributed by atoms with Crippen molar-refractivity contribution in [1.29, 1.82) is 0 Å². The normalized spacial score (nSPS) is 21.4. The predicted molar refractivity (Wildman–Crippen MR) is 70.4 cm³/mol. The lowest BCUT2D eigenvalue weighted by Gasteiger charge is -2.54. The Morgan fingerprint density at radius 3 is 1.81 bits per heavy atom. The minimum absolute atomic E-state index is 0.0447. The first kappa shape index (κ1) is 13.3. The van der Waals surface area contributed by atoms with Gasteiger partial charge in [0.05, 0.1) is 5.76 Å². The second-order valence-corrected chi connectivity index (χ2v) is 7.09. The molecule has 1 aliphatic rings. The van der Waals surface area contributed by atoms with E-state index in [9.17, 15) is 5.11 Å². The molecule has 0 aromatic carbocycles. The Balaban J connectivity index is 3.37. The fraction of sp³-hybridized carbons (Fsp3) is 0.733. The van der Waals surface area contributed by atoms with Crippen LogP contribution in [0.3, 0.4) is 0 Å².